The van der Waals surface area contributed by atoms with Crippen molar-refractivity contribution in [2.24, 2.45) is 5.92 Å². The first kappa shape index (κ1) is 13.2. The first-order chi connectivity index (χ1) is 8.61. The highest BCUT2D eigenvalue weighted by Gasteiger charge is 2.24. The van der Waals surface area contributed by atoms with Gasteiger partial charge in [0.05, 0.1) is 12.1 Å². The largest absolute Gasteiger partial charge is 0.495 e. The van der Waals surface area contributed by atoms with E-state index in [0.717, 1.165) is 24.0 Å². The molecule has 0 unspecified atom stereocenters. The van der Waals surface area contributed by atoms with Gasteiger partial charge in [-0.3, -0.25) is 4.79 Å². The number of amides is 1. The van der Waals surface area contributed by atoms with Crippen molar-refractivity contribution >= 4 is 17.5 Å². The normalized spacial score (nSPS) is 15.1. The van der Waals surface area contributed by atoms with Crippen LogP contribution < -0.4 is 10.1 Å². The topological polar surface area (TPSA) is 38.3 Å². The minimum Gasteiger partial charge on any atom is -0.495 e. The van der Waals surface area contributed by atoms with E-state index in [1.54, 1.807) is 7.11 Å². The highest BCUT2D eigenvalue weighted by atomic mass is 35.5. The zero-order valence-corrected chi connectivity index (χ0v) is 11.5. The fraction of sp³-hybridized carbons (Fsp3) is 0.500. The number of halogens is 1. The Morgan fingerprint density at radius 1 is 1.50 bits per heavy atom. The van der Waals surface area contributed by atoms with E-state index in [2.05, 4.69) is 5.32 Å². The summed E-state index contributed by atoms with van der Waals surface area (Å²) in [7, 11) is 1.60. The molecular weight excluding hydrogens is 250 g/mol. The Balaban J connectivity index is 2.00. The molecule has 0 spiro atoms. The van der Waals surface area contributed by atoms with Gasteiger partial charge < -0.3 is 10.1 Å². The minimum absolute atomic E-state index is 0.160. The average Bonchev–Trinajstić information content (AvgIpc) is 2.27. The maximum absolute atomic E-state index is 11.7. The van der Waals surface area contributed by atoms with Gasteiger partial charge in [0.1, 0.15) is 5.75 Å². The van der Waals surface area contributed by atoms with Crippen LogP contribution in [0.25, 0.3) is 0 Å². The van der Waals surface area contributed by atoms with E-state index in [1.165, 1.54) is 6.42 Å². The summed E-state index contributed by atoms with van der Waals surface area (Å²) in [4.78, 5) is 11.7. The summed E-state index contributed by atoms with van der Waals surface area (Å²) in [5, 5.41) is 3.55. The van der Waals surface area contributed by atoms with Crippen LogP contribution in [0.2, 0.25) is 5.02 Å². The molecule has 0 aromatic heterocycles. The number of carbonyl (C=O) groups is 1. The SMILES string of the molecule is COc1cc(C)c(CNC(=O)C2CCC2)cc1Cl. The van der Waals surface area contributed by atoms with Gasteiger partial charge in [-0.15, -0.1) is 0 Å². The van der Waals surface area contributed by atoms with Gasteiger partial charge in [-0.1, -0.05) is 18.0 Å². The number of hydrogen-bond donors (Lipinski definition) is 1. The van der Waals surface area contributed by atoms with Gasteiger partial charge in [-0.2, -0.15) is 0 Å². The molecule has 1 amide bonds. The number of methoxy groups -OCH3 is 1. The van der Waals surface area contributed by atoms with Crippen LogP contribution >= 0.6 is 11.6 Å². The molecule has 0 radical (unpaired) electrons. The highest BCUT2D eigenvalue weighted by molar-refractivity contribution is 6.32. The molecule has 1 aromatic rings. The van der Waals surface area contributed by atoms with Crippen molar-refractivity contribution in [2.75, 3.05) is 7.11 Å². The molecule has 0 bridgehead atoms. The summed E-state index contributed by atoms with van der Waals surface area (Å²) in [5.74, 6) is 1.05. The molecule has 0 aliphatic heterocycles. The molecule has 3 nitrogen and oxygen atoms in total. The maximum atomic E-state index is 11.7. The maximum Gasteiger partial charge on any atom is 0.223 e. The number of nitrogens with one attached hydrogen (secondary N) is 1. The van der Waals surface area contributed by atoms with E-state index >= 15 is 0 Å². The van der Waals surface area contributed by atoms with Crippen LogP contribution in [0.1, 0.15) is 30.4 Å². The average molecular weight is 268 g/mol. The molecule has 1 N–H and O–H groups in total. The van der Waals surface area contributed by atoms with E-state index in [4.69, 9.17) is 16.3 Å². The molecule has 4 heteroatoms. The number of aryl methyl sites for hydroxylation is 1. The van der Waals surface area contributed by atoms with Crippen LogP contribution in [0, 0.1) is 12.8 Å². The van der Waals surface area contributed by atoms with Crippen molar-refractivity contribution in [2.45, 2.75) is 32.7 Å². The molecule has 0 atom stereocenters. The molecule has 2 rings (SSSR count). The second-order valence-corrected chi connectivity index (χ2v) is 5.17. The van der Waals surface area contributed by atoms with Crippen molar-refractivity contribution in [3.63, 3.8) is 0 Å². The smallest absolute Gasteiger partial charge is 0.223 e. The van der Waals surface area contributed by atoms with Crippen LogP contribution in [-0.2, 0) is 11.3 Å². The quantitative estimate of drug-likeness (QED) is 0.910. The van der Waals surface area contributed by atoms with Crippen molar-refractivity contribution < 1.29 is 9.53 Å². The van der Waals surface area contributed by atoms with Gasteiger partial charge in [-0.25, -0.2) is 0 Å². The van der Waals surface area contributed by atoms with Gasteiger partial charge >= 0.3 is 0 Å². The van der Waals surface area contributed by atoms with Gasteiger partial charge in [-0.05, 0) is 43.0 Å². The number of hydrogen-bond acceptors (Lipinski definition) is 2. The molecule has 1 aliphatic rings. The highest BCUT2D eigenvalue weighted by Crippen LogP contribution is 2.29. The standard InChI is InChI=1S/C14H18ClNO2/c1-9-6-13(18-2)12(15)7-11(9)8-16-14(17)10-4-3-5-10/h6-7,10H,3-5,8H2,1-2H3,(H,16,17). The predicted molar refractivity (Wildman–Crippen MR) is 71.9 cm³/mol. The Labute approximate surface area is 112 Å². The molecular formula is C14H18ClNO2. The Morgan fingerprint density at radius 2 is 2.22 bits per heavy atom. The summed E-state index contributed by atoms with van der Waals surface area (Å²) in [6, 6.07) is 3.75. The van der Waals surface area contributed by atoms with E-state index in [1.807, 2.05) is 19.1 Å². The summed E-state index contributed by atoms with van der Waals surface area (Å²) in [5.41, 5.74) is 2.11. The van der Waals surface area contributed by atoms with Crippen molar-refractivity contribution in [1.82, 2.24) is 5.32 Å². The Bertz CT molecular complexity index is 455. The predicted octanol–water partition coefficient (Wildman–Crippen LogP) is 3.07. The zero-order valence-electron chi connectivity index (χ0n) is 10.8. The summed E-state index contributed by atoms with van der Waals surface area (Å²) < 4.78 is 5.15. The molecule has 1 fully saturated rings. The molecule has 18 heavy (non-hydrogen) atoms. The van der Waals surface area contributed by atoms with Gasteiger partial charge in [0, 0.05) is 12.5 Å². The lowest BCUT2D eigenvalue weighted by molar-refractivity contribution is -0.127. The fourth-order valence-electron chi connectivity index (χ4n) is 2.04. The van der Waals surface area contributed by atoms with Crippen molar-refractivity contribution in [3.05, 3.63) is 28.3 Å². The lowest BCUT2D eigenvalue weighted by Crippen LogP contribution is -2.34. The van der Waals surface area contributed by atoms with Crippen LogP contribution in [0.5, 0.6) is 5.75 Å². The van der Waals surface area contributed by atoms with Crippen LogP contribution in [-0.4, -0.2) is 13.0 Å². The second-order valence-electron chi connectivity index (χ2n) is 4.76. The third-order valence-electron chi connectivity index (χ3n) is 3.54. The first-order valence-corrected chi connectivity index (χ1v) is 6.60. The lowest BCUT2D eigenvalue weighted by Gasteiger charge is -2.24. The summed E-state index contributed by atoms with van der Waals surface area (Å²) >= 11 is 6.08. The van der Waals surface area contributed by atoms with E-state index in [-0.39, 0.29) is 11.8 Å². The van der Waals surface area contributed by atoms with Gasteiger partial charge in [0.25, 0.3) is 0 Å². The van der Waals surface area contributed by atoms with Crippen molar-refractivity contribution in [1.29, 1.82) is 0 Å². The summed E-state index contributed by atoms with van der Waals surface area (Å²) in [6.07, 6.45) is 3.22. The van der Waals surface area contributed by atoms with Crippen LogP contribution in [0.3, 0.4) is 0 Å². The molecule has 1 aromatic carbocycles. The van der Waals surface area contributed by atoms with E-state index < -0.39 is 0 Å². The first-order valence-electron chi connectivity index (χ1n) is 6.22. The molecule has 1 saturated carbocycles. The van der Waals surface area contributed by atoms with Crippen LogP contribution in [0.4, 0.5) is 0 Å². The fourth-order valence-corrected chi connectivity index (χ4v) is 2.30. The number of carbonyl (C=O) groups excluding carboxylic acids is 1. The Hall–Kier alpha value is -1.22. The second kappa shape index (κ2) is 5.61. The number of rotatable bonds is 4. The third-order valence-corrected chi connectivity index (χ3v) is 3.83. The van der Waals surface area contributed by atoms with Gasteiger partial charge in [0.2, 0.25) is 5.91 Å². The lowest BCUT2D eigenvalue weighted by atomic mass is 9.85. The molecule has 1 aliphatic carbocycles. The number of benzene rings is 1. The van der Waals surface area contributed by atoms with Gasteiger partial charge in [0.15, 0.2) is 0 Å². The molecule has 0 saturated heterocycles. The zero-order chi connectivity index (χ0) is 13.1. The Kier molecular flexibility index (Phi) is 4.12. The van der Waals surface area contributed by atoms with E-state index in [9.17, 15) is 4.79 Å². The third kappa shape index (κ3) is 2.78. The van der Waals surface area contributed by atoms with E-state index in [0.29, 0.717) is 17.3 Å². The van der Waals surface area contributed by atoms with Crippen molar-refractivity contribution in [3.8, 4) is 5.75 Å². The number of ether oxygens (including phenoxy) is 1. The monoisotopic (exact) mass is 267 g/mol. The molecule has 98 valence electrons. The van der Waals surface area contributed by atoms with Crippen LogP contribution in [0.15, 0.2) is 12.1 Å². The molecule has 0 heterocycles. The minimum atomic E-state index is 0.160. The summed E-state index contributed by atoms with van der Waals surface area (Å²) in [6.45, 7) is 2.52. The Morgan fingerprint density at radius 3 is 2.78 bits per heavy atom.